The van der Waals surface area contributed by atoms with Gasteiger partial charge in [-0.3, -0.25) is 9.59 Å². The van der Waals surface area contributed by atoms with E-state index in [0.717, 1.165) is 44.9 Å². The minimum atomic E-state index is -0.843. The molecule has 3 N–H and O–H groups in total. The molecule has 1 amide bonds. The van der Waals surface area contributed by atoms with Gasteiger partial charge in [-0.05, 0) is 83.5 Å². The summed E-state index contributed by atoms with van der Waals surface area (Å²) in [5.41, 5.74) is 0. The molecule has 0 aromatic carbocycles. The van der Waals surface area contributed by atoms with E-state index in [-0.39, 0.29) is 18.5 Å². The highest BCUT2D eigenvalue weighted by atomic mass is 16.5. The molecule has 0 fully saturated rings. The van der Waals surface area contributed by atoms with Gasteiger partial charge in [0.1, 0.15) is 0 Å². The molecule has 0 aromatic rings. The first-order chi connectivity index (χ1) is 35.5. The van der Waals surface area contributed by atoms with Gasteiger partial charge in [-0.1, -0.05) is 288 Å². The van der Waals surface area contributed by atoms with Crippen molar-refractivity contribution in [2.75, 3.05) is 13.2 Å². The quantitative estimate of drug-likeness (QED) is 0.0320. The number of carbonyl (C=O) groups excluding carboxylic acids is 2. The van der Waals surface area contributed by atoms with Crippen LogP contribution in [0.3, 0.4) is 0 Å². The Hall–Kier alpha value is -1.92. The Morgan fingerprint density at radius 1 is 0.375 bits per heavy atom. The average Bonchev–Trinajstić information content (AvgIpc) is 3.38. The number of ether oxygens (including phenoxy) is 1. The van der Waals surface area contributed by atoms with E-state index in [0.29, 0.717) is 19.4 Å². The summed E-state index contributed by atoms with van der Waals surface area (Å²) in [6.07, 6.45) is 77.8. The van der Waals surface area contributed by atoms with Gasteiger partial charge in [0.15, 0.2) is 0 Å². The highest BCUT2D eigenvalue weighted by Gasteiger charge is 2.18. The van der Waals surface area contributed by atoms with Crippen LogP contribution in [0.1, 0.15) is 348 Å². The first-order valence-electron chi connectivity index (χ1n) is 32.3. The van der Waals surface area contributed by atoms with Crippen molar-refractivity contribution >= 4 is 11.9 Å². The highest BCUT2D eigenvalue weighted by Crippen LogP contribution is 2.17. The molecule has 0 heterocycles. The standard InChI is InChI=1S/C66H125NO5/c1-3-5-7-9-11-13-15-17-36-40-44-48-52-56-60-66(71)72-61-57-53-49-45-41-37-34-32-30-28-26-24-22-20-18-19-21-23-25-27-29-31-33-35-39-43-47-51-55-59-65(70)67-63(62-68)64(69)58-54-50-46-42-38-16-14-12-10-8-6-4-2/h15,17-18,20,54,58,63-64,68-69H,3-14,16,19,21-53,55-57,59-62H2,1-2H3,(H,67,70)/b17-15-,20-18-,58-54+. The maximum atomic E-state index is 12.4. The van der Waals surface area contributed by atoms with Gasteiger partial charge in [0, 0.05) is 12.8 Å². The van der Waals surface area contributed by atoms with Crippen LogP contribution in [0.15, 0.2) is 36.5 Å². The third-order valence-corrected chi connectivity index (χ3v) is 14.9. The lowest BCUT2D eigenvalue weighted by Crippen LogP contribution is -2.45. The van der Waals surface area contributed by atoms with Crippen molar-refractivity contribution < 1.29 is 24.5 Å². The zero-order valence-corrected chi connectivity index (χ0v) is 48.4. The van der Waals surface area contributed by atoms with Crippen LogP contribution >= 0.6 is 0 Å². The SMILES string of the molecule is CCCCCCC/C=C\CCCCCCCC(=O)OCCCCCCCCCCCCCC/C=C\CCCCCCCCCCCCCCCC(=O)NC(CO)C(O)/C=C/CCCCCCCCCCCC. The van der Waals surface area contributed by atoms with Gasteiger partial charge in [-0.25, -0.2) is 0 Å². The molecule has 72 heavy (non-hydrogen) atoms. The molecule has 2 atom stereocenters. The normalized spacial score (nSPS) is 12.8. The van der Waals surface area contributed by atoms with Crippen molar-refractivity contribution in [1.82, 2.24) is 5.32 Å². The van der Waals surface area contributed by atoms with Gasteiger partial charge in [0.2, 0.25) is 5.91 Å². The van der Waals surface area contributed by atoms with Crippen molar-refractivity contribution in [3.8, 4) is 0 Å². The number of allylic oxidation sites excluding steroid dienone is 5. The summed E-state index contributed by atoms with van der Waals surface area (Å²) in [7, 11) is 0. The Morgan fingerprint density at radius 3 is 0.986 bits per heavy atom. The van der Waals surface area contributed by atoms with E-state index >= 15 is 0 Å². The number of unbranched alkanes of at least 4 members (excludes halogenated alkanes) is 45. The van der Waals surface area contributed by atoms with E-state index in [1.807, 2.05) is 6.08 Å². The Kier molecular flexibility index (Phi) is 60.0. The second-order valence-corrected chi connectivity index (χ2v) is 22.1. The van der Waals surface area contributed by atoms with Gasteiger partial charge in [-0.2, -0.15) is 0 Å². The summed E-state index contributed by atoms with van der Waals surface area (Å²) < 4.78 is 5.48. The second-order valence-electron chi connectivity index (χ2n) is 22.1. The van der Waals surface area contributed by atoms with Crippen molar-refractivity contribution in [3.63, 3.8) is 0 Å². The number of carbonyl (C=O) groups is 2. The van der Waals surface area contributed by atoms with Gasteiger partial charge >= 0.3 is 5.97 Å². The Balaban J connectivity index is 3.37. The molecule has 0 rings (SSSR count). The molecule has 0 aliphatic carbocycles. The number of hydrogen-bond acceptors (Lipinski definition) is 5. The number of amides is 1. The summed E-state index contributed by atoms with van der Waals surface area (Å²) >= 11 is 0. The number of rotatable bonds is 60. The highest BCUT2D eigenvalue weighted by molar-refractivity contribution is 5.76. The first-order valence-corrected chi connectivity index (χ1v) is 32.3. The van der Waals surface area contributed by atoms with Crippen LogP contribution in [0.5, 0.6) is 0 Å². The lowest BCUT2D eigenvalue weighted by Gasteiger charge is -2.20. The maximum Gasteiger partial charge on any atom is 0.305 e. The molecule has 0 aliphatic rings. The van der Waals surface area contributed by atoms with Crippen LogP contribution < -0.4 is 5.32 Å². The average molecular weight is 1010 g/mol. The molecular formula is C66H125NO5. The fourth-order valence-corrected chi connectivity index (χ4v) is 9.92. The predicted octanol–water partition coefficient (Wildman–Crippen LogP) is 20.4. The maximum absolute atomic E-state index is 12.4. The molecule has 0 spiro atoms. The van der Waals surface area contributed by atoms with E-state index in [2.05, 4.69) is 43.5 Å². The fraction of sp³-hybridized carbons (Fsp3) is 0.879. The Bertz CT molecular complexity index is 1170. The van der Waals surface area contributed by atoms with Crippen molar-refractivity contribution in [2.24, 2.45) is 0 Å². The molecule has 6 heteroatoms. The van der Waals surface area contributed by atoms with Crippen LogP contribution in [-0.2, 0) is 14.3 Å². The number of aliphatic hydroxyl groups excluding tert-OH is 2. The predicted molar refractivity (Wildman–Crippen MR) is 315 cm³/mol. The molecule has 0 radical (unpaired) electrons. The summed E-state index contributed by atoms with van der Waals surface area (Å²) in [6, 6.07) is -0.626. The molecule has 424 valence electrons. The minimum absolute atomic E-state index is 0.00757. The van der Waals surface area contributed by atoms with Crippen LogP contribution in [0.2, 0.25) is 0 Å². The second kappa shape index (κ2) is 61.6. The van der Waals surface area contributed by atoms with E-state index in [9.17, 15) is 19.8 Å². The molecule has 0 aromatic heterocycles. The lowest BCUT2D eigenvalue weighted by atomic mass is 10.0. The fourth-order valence-electron chi connectivity index (χ4n) is 9.92. The van der Waals surface area contributed by atoms with Crippen LogP contribution in [0.25, 0.3) is 0 Å². The largest absolute Gasteiger partial charge is 0.466 e. The summed E-state index contributed by atoms with van der Waals surface area (Å²) in [5.74, 6) is -0.0595. The summed E-state index contributed by atoms with van der Waals surface area (Å²) in [6.45, 7) is 4.90. The van der Waals surface area contributed by atoms with Gasteiger partial charge < -0.3 is 20.3 Å². The number of nitrogens with one attached hydrogen (secondary N) is 1. The number of aliphatic hydroxyl groups is 2. The Labute approximate surface area is 449 Å². The van der Waals surface area contributed by atoms with E-state index < -0.39 is 12.1 Å². The topological polar surface area (TPSA) is 95.9 Å². The third kappa shape index (κ3) is 57.4. The monoisotopic (exact) mass is 1010 g/mol. The van der Waals surface area contributed by atoms with Crippen molar-refractivity contribution in [1.29, 1.82) is 0 Å². The summed E-state index contributed by atoms with van der Waals surface area (Å²) in [4.78, 5) is 24.5. The lowest BCUT2D eigenvalue weighted by molar-refractivity contribution is -0.143. The zero-order chi connectivity index (χ0) is 52.2. The number of esters is 1. The van der Waals surface area contributed by atoms with Gasteiger partial charge in [0.25, 0.3) is 0 Å². The zero-order valence-electron chi connectivity index (χ0n) is 48.4. The molecule has 0 aliphatic heterocycles. The van der Waals surface area contributed by atoms with Crippen molar-refractivity contribution in [3.05, 3.63) is 36.5 Å². The van der Waals surface area contributed by atoms with E-state index in [1.165, 1.54) is 276 Å². The third-order valence-electron chi connectivity index (χ3n) is 14.9. The van der Waals surface area contributed by atoms with E-state index in [4.69, 9.17) is 4.74 Å². The molecule has 0 bridgehead atoms. The summed E-state index contributed by atoms with van der Waals surface area (Å²) in [5, 5.41) is 23.1. The van der Waals surface area contributed by atoms with Crippen LogP contribution in [0, 0.1) is 0 Å². The smallest absolute Gasteiger partial charge is 0.305 e. The number of hydrogen-bond donors (Lipinski definition) is 3. The molecule has 2 unspecified atom stereocenters. The minimum Gasteiger partial charge on any atom is -0.466 e. The van der Waals surface area contributed by atoms with Gasteiger partial charge in [-0.15, -0.1) is 0 Å². The van der Waals surface area contributed by atoms with E-state index in [1.54, 1.807) is 6.08 Å². The Morgan fingerprint density at radius 2 is 0.653 bits per heavy atom. The molecule has 0 saturated carbocycles. The molecule has 6 nitrogen and oxygen atoms in total. The van der Waals surface area contributed by atoms with Crippen molar-refractivity contribution in [2.45, 2.75) is 360 Å². The van der Waals surface area contributed by atoms with Gasteiger partial charge in [0.05, 0.1) is 25.4 Å². The van der Waals surface area contributed by atoms with Crippen LogP contribution in [-0.4, -0.2) is 47.4 Å². The molecular weight excluding hydrogens is 887 g/mol. The molecule has 0 saturated heterocycles. The first kappa shape index (κ1) is 70.1. The van der Waals surface area contributed by atoms with Crippen LogP contribution in [0.4, 0.5) is 0 Å².